The lowest BCUT2D eigenvalue weighted by molar-refractivity contribution is -0.150. The van der Waals surface area contributed by atoms with Gasteiger partial charge in [-0.3, -0.25) is 4.79 Å². The summed E-state index contributed by atoms with van der Waals surface area (Å²) >= 11 is 0. The van der Waals surface area contributed by atoms with Crippen molar-refractivity contribution in [2.24, 2.45) is 0 Å². The monoisotopic (exact) mass is 176 g/mol. The molecule has 0 radical (unpaired) electrons. The molecule has 0 saturated heterocycles. The maximum atomic E-state index is 11.0. The van der Waals surface area contributed by atoms with E-state index in [1.165, 1.54) is 0 Å². The minimum atomic E-state index is -0.368. The molecule has 3 nitrogen and oxygen atoms in total. The molecule has 0 rings (SSSR count). The molecular weight excluding hydrogens is 160 g/mol. The van der Waals surface area contributed by atoms with Crippen molar-refractivity contribution < 1.29 is 14.0 Å². The molecule has 0 aromatic rings. The third-order valence-corrected chi connectivity index (χ3v) is 1.67. The summed E-state index contributed by atoms with van der Waals surface area (Å²) in [6, 6.07) is 0. The van der Waals surface area contributed by atoms with Crippen LogP contribution in [-0.2, 0) is 14.0 Å². The Morgan fingerprint density at radius 1 is 1.55 bits per heavy atom. The number of hydrogen-bond acceptors (Lipinski definition) is 3. The van der Waals surface area contributed by atoms with Crippen LogP contribution in [0.15, 0.2) is 0 Å². The van der Waals surface area contributed by atoms with E-state index in [9.17, 15) is 4.79 Å². The van der Waals surface area contributed by atoms with Crippen LogP contribution in [0.1, 0.15) is 27.2 Å². The molecule has 0 saturated carbocycles. The van der Waals surface area contributed by atoms with Gasteiger partial charge >= 0.3 is 5.97 Å². The van der Waals surface area contributed by atoms with Crippen molar-refractivity contribution in [1.82, 2.24) is 0 Å². The Bertz CT molecular complexity index is 125. The van der Waals surface area contributed by atoms with E-state index in [4.69, 9.17) is 4.74 Å². The zero-order valence-electron chi connectivity index (χ0n) is 7.59. The molecule has 4 heteroatoms. The third kappa shape index (κ3) is 4.16. The van der Waals surface area contributed by atoms with Crippen LogP contribution in [0, 0.1) is 0 Å². The van der Waals surface area contributed by atoms with Gasteiger partial charge in [-0.1, -0.05) is 6.92 Å². The van der Waals surface area contributed by atoms with Crippen molar-refractivity contribution in [3.63, 3.8) is 0 Å². The van der Waals surface area contributed by atoms with Crippen LogP contribution in [0.5, 0.6) is 0 Å². The summed E-state index contributed by atoms with van der Waals surface area (Å²) in [6.45, 7) is 5.72. The van der Waals surface area contributed by atoms with Gasteiger partial charge in [0.1, 0.15) is 0 Å². The molecular formula is C7H16O3Si. The first-order valence-corrected chi connectivity index (χ1v) is 4.66. The van der Waals surface area contributed by atoms with Gasteiger partial charge in [-0.15, -0.1) is 0 Å². The first-order valence-electron chi connectivity index (χ1n) is 3.85. The minimum Gasteiger partial charge on any atom is -0.527 e. The van der Waals surface area contributed by atoms with Gasteiger partial charge in [0.05, 0.1) is 6.10 Å². The van der Waals surface area contributed by atoms with Gasteiger partial charge in [0.25, 0.3) is 0 Å². The predicted molar refractivity (Wildman–Crippen MR) is 46.3 cm³/mol. The highest BCUT2D eigenvalue weighted by Gasteiger charge is 2.17. The largest absolute Gasteiger partial charge is 0.527 e. The van der Waals surface area contributed by atoms with Crippen molar-refractivity contribution in [2.45, 2.75) is 39.4 Å². The first-order chi connectivity index (χ1) is 5.11. The van der Waals surface area contributed by atoms with E-state index in [0.29, 0.717) is 16.9 Å². The average molecular weight is 176 g/mol. The zero-order valence-corrected chi connectivity index (χ0v) is 9.59. The lowest BCUT2D eigenvalue weighted by atomic mass is 10.3. The van der Waals surface area contributed by atoms with Crippen LogP contribution in [-0.4, -0.2) is 28.7 Å². The SMILES string of the molecule is CCC(OC(C)C)C(=O)O[SiH3]. The fourth-order valence-electron chi connectivity index (χ4n) is 0.778. The van der Waals surface area contributed by atoms with Gasteiger partial charge in [-0.25, -0.2) is 0 Å². The van der Waals surface area contributed by atoms with Gasteiger partial charge in [0.15, 0.2) is 6.10 Å². The number of ether oxygens (including phenoxy) is 1. The lowest BCUT2D eigenvalue weighted by Gasteiger charge is -2.16. The molecule has 66 valence electrons. The first kappa shape index (κ1) is 10.6. The van der Waals surface area contributed by atoms with E-state index in [0.717, 1.165) is 0 Å². The lowest BCUT2D eigenvalue weighted by Crippen LogP contribution is -2.27. The van der Waals surface area contributed by atoms with E-state index >= 15 is 0 Å². The van der Waals surface area contributed by atoms with Crippen molar-refractivity contribution in [3.05, 3.63) is 0 Å². The van der Waals surface area contributed by atoms with Crippen LogP contribution in [0.2, 0.25) is 0 Å². The minimum absolute atomic E-state index is 0.0840. The summed E-state index contributed by atoms with van der Waals surface area (Å²) in [5, 5.41) is 0. The normalized spacial score (nSPS) is 13.5. The second kappa shape index (κ2) is 5.32. The van der Waals surface area contributed by atoms with Crippen molar-refractivity contribution in [2.75, 3.05) is 0 Å². The standard InChI is InChI=1S/C7H16O3Si/c1-4-6(7(8)10-11)9-5(2)3/h5-6H,4H2,1-3,11H3. The highest BCUT2D eigenvalue weighted by atomic mass is 28.2. The van der Waals surface area contributed by atoms with Gasteiger partial charge < -0.3 is 9.16 Å². The molecule has 1 unspecified atom stereocenters. The molecule has 0 spiro atoms. The van der Waals surface area contributed by atoms with E-state index < -0.39 is 0 Å². The maximum absolute atomic E-state index is 11.0. The maximum Gasteiger partial charge on any atom is 0.321 e. The van der Waals surface area contributed by atoms with Gasteiger partial charge in [0, 0.05) is 0 Å². The van der Waals surface area contributed by atoms with E-state index in [-0.39, 0.29) is 18.2 Å². The molecule has 0 bridgehead atoms. The Balaban J connectivity index is 3.84. The van der Waals surface area contributed by atoms with E-state index in [1.54, 1.807) is 0 Å². The molecule has 1 atom stereocenters. The molecule has 0 aliphatic carbocycles. The summed E-state index contributed by atoms with van der Waals surface area (Å²) in [7, 11) is 0.446. The van der Waals surface area contributed by atoms with Crippen LogP contribution >= 0.6 is 0 Å². The summed E-state index contributed by atoms with van der Waals surface area (Å²) in [5.41, 5.74) is 0. The van der Waals surface area contributed by atoms with Crippen molar-refractivity contribution in [3.8, 4) is 0 Å². The van der Waals surface area contributed by atoms with Gasteiger partial charge in [-0.2, -0.15) is 0 Å². The summed E-state index contributed by atoms with van der Waals surface area (Å²) in [5.74, 6) is -0.229. The molecule has 0 fully saturated rings. The Labute approximate surface area is 70.6 Å². The molecule has 0 heterocycles. The molecule has 0 aliphatic rings. The van der Waals surface area contributed by atoms with Crippen molar-refractivity contribution in [1.29, 1.82) is 0 Å². The topological polar surface area (TPSA) is 35.5 Å². The second-order valence-electron chi connectivity index (χ2n) is 2.60. The molecule has 0 aromatic heterocycles. The Morgan fingerprint density at radius 2 is 2.09 bits per heavy atom. The number of carbonyl (C=O) groups is 1. The second-order valence-corrected chi connectivity index (χ2v) is 3.01. The third-order valence-electron chi connectivity index (χ3n) is 1.27. The Hall–Kier alpha value is -0.353. The Morgan fingerprint density at radius 3 is 2.36 bits per heavy atom. The molecule has 0 N–H and O–H groups in total. The highest BCUT2D eigenvalue weighted by Crippen LogP contribution is 2.03. The summed E-state index contributed by atoms with van der Waals surface area (Å²) in [4.78, 5) is 11.0. The number of carbonyl (C=O) groups excluding carboxylic acids is 1. The molecule has 0 amide bonds. The fraction of sp³-hybridized carbons (Fsp3) is 0.857. The molecule has 0 aliphatic heterocycles. The predicted octanol–water partition coefficient (Wildman–Crippen LogP) is 0.0136. The Kier molecular flexibility index (Phi) is 5.15. The smallest absolute Gasteiger partial charge is 0.321 e. The highest BCUT2D eigenvalue weighted by molar-refractivity contribution is 6.06. The molecule has 0 aromatic carbocycles. The molecule has 11 heavy (non-hydrogen) atoms. The van der Waals surface area contributed by atoms with Crippen LogP contribution in [0.3, 0.4) is 0 Å². The van der Waals surface area contributed by atoms with Crippen LogP contribution in [0.25, 0.3) is 0 Å². The average Bonchev–Trinajstić information content (AvgIpc) is 1.98. The van der Waals surface area contributed by atoms with Gasteiger partial charge in [0.2, 0.25) is 10.5 Å². The summed E-state index contributed by atoms with van der Waals surface area (Å²) in [6.07, 6.45) is 0.396. The number of hydrogen-bond donors (Lipinski definition) is 0. The van der Waals surface area contributed by atoms with Crippen molar-refractivity contribution >= 4 is 16.5 Å². The number of rotatable bonds is 4. The quantitative estimate of drug-likeness (QED) is 0.566. The zero-order chi connectivity index (χ0) is 8.85. The van der Waals surface area contributed by atoms with E-state index in [2.05, 4.69) is 4.43 Å². The van der Waals surface area contributed by atoms with E-state index in [1.807, 2.05) is 20.8 Å². The van der Waals surface area contributed by atoms with Gasteiger partial charge in [-0.05, 0) is 20.3 Å². The van der Waals surface area contributed by atoms with Crippen LogP contribution in [0.4, 0.5) is 0 Å². The summed E-state index contributed by atoms with van der Waals surface area (Å²) < 4.78 is 9.98. The fourth-order valence-corrected chi connectivity index (χ4v) is 1.04. The van der Waals surface area contributed by atoms with Crippen LogP contribution < -0.4 is 0 Å².